The van der Waals surface area contributed by atoms with Crippen molar-refractivity contribution in [1.29, 1.82) is 0 Å². The minimum atomic E-state index is -3.13. The third-order valence-corrected chi connectivity index (χ3v) is 6.53. The zero-order chi connectivity index (χ0) is 16.9. The molecule has 2 rings (SSSR count). The van der Waals surface area contributed by atoms with Crippen LogP contribution < -0.4 is 5.32 Å². The van der Waals surface area contributed by atoms with Crippen molar-refractivity contribution in [3.8, 4) is 0 Å². The zero-order valence-corrected chi connectivity index (χ0v) is 15.3. The van der Waals surface area contributed by atoms with Crippen molar-refractivity contribution in [2.24, 2.45) is 0 Å². The van der Waals surface area contributed by atoms with E-state index in [2.05, 4.69) is 10.2 Å². The van der Waals surface area contributed by atoms with Gasteiger partial charge in [0.1, 0.15) is 0 Å². The third-order valence-electron chi connectivity index (χ3n) is 5.18. The van der Waals surface area contributed by atoms with E-state index in [4.69, 9.17) is 0 Å². The summed E-state index contributed by atoms with van der Waals surface area (Å²) < 4.78 is 24.6. The number of sulfonamides is 1. The Balaban J connectivity index is 1.72. The molecule has 0 aromatic carbocycles. The fourth-order valence-electron chi connectivity index (χ4n) is 3.61. The lowest BCUT2D eigenvalue weighted by Crippen LogP contribution is -2.48. The molecular formula is C16H31N3O3S. The fourth-order valence-corrected chi connectivity index (χ4v) is 4.36. The Bertz CT molecular complexity index is 479. The number of nitrogens with one attached hydrogen (secondary N) is 1. The Morgan fingerprint density at radius 2 is 1.65 bits per heavy atom. The van der Waals surface area contributed by atoms with Crippen LogP contribution in [-0.4, -0.2) is 68.6 Å². The van der Waals surface area contributed by atoms with Gasteiger partial charge in [-0.25, -0.2) is 12.7 Å². The quantitative estimate of drug-likeness (QED) is 0.760. The molecule has 134 valence electrons. The predicted molar refractivity (Wildman–Crippen MR) is 91.7 cm³/mol. The monoisotopic (exact) mass is 345 g/mol. The van der Waals surface area contributed by atoms with Crippen molar-refractivity contribution < 1.29 is 13.2 Å². The summed E-state index contributed by atoms with van der Waals surface area (Å²) in [6.45, 7) is 2.00. The highest BCUT2D eigenvalue weighted by atomic mass is 32.2. The Kier molecular flexibility index (Phi) is 6.85. The van der Waals surface area contributed by atoms with E-state index in [0.717, 1.165) is 38.8 Å². The summed E-state index contributed by atoms with van der Waals surface area (Å²) in [5.74, 6) is 0.117. The summed E-state index contributed by atoms with van der Waals surface area (Å²) >= 11 is 0. The molecule has 2 aliphatic rings. The molecule has 1 aliphatic heterocycles. The van der Waals surface area contributed by atoms with Gasteiger partial charge in [0.15, 0.2) is 0 Å². The van der Waals surface area contributed by atoms with E-state index in [1.807, 2.05) is 0 Å². The lowest BCUT2D eigenvalue weighted by molar-refractivity contribution is -0.123. The van der Waals surface area contributed by atoms with Crippen molar-refractivity contribution in [3.63, 3.8) is 0 Å². The molecule has 1 amide bonds. The van der Waals surface area contributed by atoms with Gasteiger partial charge in [0.25, 0.3) is 0 Å². The van der Waals surface area contributed by atoms with Gasteiger partial charge in [-0.2, -0.15) is 0 Å². The van der Waals surface area contributed by atoms with Gasteiger partial charge < -0.3 is 5.32 Å². The molecule has 2 fully saturated rings. The number of amides is 1. The lowest BCUT2D eigenvalue weighted by Gasteiger charge is -2.35. The van der Waals surface area contributed by atoms with Crippen molar-refractivity contribution >= 4 is 15.9 Å². The van der Waals surface area contributed by atoms with E-state index < -0.39 is 10.0 Å². The lowest BCUT2D eigenvalue weighted by atomic mass is 10.1. The first kappa shape index (κ1) is 18.7. The summed E-state index contributed by atoms with van der Waals surface area (Å²) in [5, 5.41) is 3.18. The summed E-state index contributed by atoms with van der Waals surface area (Å²) in [7, 11) is -1.48. The molecule has 0 aromatic heterocycles. The van der Waals surface area contributed by atoms with Gasteiger partial charge in [-0.3, -0.25) is 9.69 Å². The standard InChI is InChI=1S/C16H31N3O3S/c1-18(23(2,21)22)15-9-11-19(12-10-15)13-16(20)17-14-7-5-3-4-6-8-14/h14-15H,3-13H2,1-2H3,(H,17,20). The van der Waals surface area contributed by atoms with Crippen LogP contribution in [0.2, 0.25) is 0 Å². The molecule has 0 radical (unpaired) electrons. The van der Waals surface area contributed by atoms with Crippen molar-refractivity contribution in [3.05, 3.63) is 0 Å². The van der Waals surface area contributed by atoms with E-state index in [1.165, 1.54) is 36.2 Å². The van der Waals surface area contributed by atoms with Crippen LogP contribution in [0.5, 0.6) is 0 Å². The molecule has 23 heavy (non-hydrogen) atoms. The SMILES string of the molecule is CN(C1CCN(CC(=O)NC2CCCCCC2)CC1)S(C)(=O)=O. The first-order valence-corrected chi connectivity index (χ1v) is 10.7. The van der Waals surface area contributed by atoms with Crippen LogP contribution in [0.15, 0.2) is 0 Å². The van der Waals surface area contributed by atoms with E-state index in [1.54, 1.807) is 7.05 Å². The molecule has 1 saturated heterocycles. The summed E-state index contributed by atoms with van der Waals surface area (Å²) in [5.41, 5.74) is 0. The number of carbonyl (C=O) groups excluding carboxylic acids is 1. The minimum Gasteiger partial charge on any atom is -0.352 e. The molecule has 1 N–H and O–H groups in total. The highest BCUT2D eigenvalue weighted by molar-refractivity contribution is 7.88. The number of hydrogen-bond donors (Lipinski definition) is 1. The topological polar surface area (TPSA) is 69.7 Å². The summed E-state index contributed by atoms with van der Waals surface area (Å²) in [6, 6.07) is 0.407. The van der Waals surface area contributed by atoms with Crippen LogP contribution in [0.4, 0.5) is 0 Å². The summed E-state index contributed by atoms with van der Waals surface area (Å²) in [4.78, 5) is 14.3. The van der Waals surface area contributed by atoms with E-state index in [-0.39, 0.29) is 11.9 Å². The second-order valence-electron chi connectivity index (χ2n) is 7.04. The molecule has 6 nitrogen and oxygen atoms in total. The van der Waals surface area contributed by atoms with Gasteiger partial charge in [-0.05, 0) is 25.7 Å². The van der Waals surface area contributed by atoms with E-state index in [0.29, 0.717) is 12.6 Å². The maximum atomic E-state index is 12.2. The van der Waals surface area contributed by atoms with Crippen LogP contribution in [0.1, 0.15) is 51.4 Å². The van der Waals surface area contributed by atoms with E-state index >= 15 is 0 Å². The first-order chi connectivity index (χ1) is 10.9. The maximum Gasteiger partial charge on any atom is 0.234 e. The van der Waals surface area contributed by atoms with Crippen LogP contribution >= 0.6 is 0 Å². The molecule has 0 unspecified atom stereocenters. The second-order valence-corrected chi connectivity index (χ2v) is 9.08. The highest BCUT2D eigenvalue weighted by Gasteiger charge is 2.28. The van der Waals surface area contributed by atoms with Gasteiger partial charge >= 0.3 is 0 Å². The average molecular weight is 346 g/mol. The van der Waals surface area contributed by atoms with Gasteiger partial charge in [-0.1, -0.05) is 25.7 Å². The molecule has 0 aromatic rings. The number of rotatable bonds is 5. The first-order valence-electron chi connectivity index (χ1n) is 8.81. The highest BCUT2D eigenvalue weighted by Crippen LogP contribution is 2.18. The number of likely N-dealkylation sites (tertiary alicyclic amines) is 1. The average Bonchev–Trinajstić information content (AvgIpc) is 2.75. The molecule has 0 atom stereocenters. The third kappa shape index (κ3) is 6.04. The zero-order valence-electron chi connectivity index (χ0n) is 14.5. The molecule has 1 aliphatic carbocycles. The van der Waals surface area contributed by atoms with Gasteiger partial charge in [0.2, 0.25) is 15.9 Å². The largest absolute Gasteiger partial charge is 0.352 e. The van der Waals surface area contributed by atoms with E-state index in [9.17, 15) is 13.2 Å². The van der Waals surface area contributed by atoms with Gasteiger partial charge in [0.05, 0.1) is 12.8 Å². The predicted octanol–water partition coefficient (Wildman–Crippen LogP) is 1.18. The van der Waals surface area contributed by atoms with Crippen LogP contribution in [-0.2, 0) is 14.8 Å². The van der Waals surface area contributed by atoms with Gasteiger partial charge in [0, 0.05) is 32.2 Å². The Hall–Kier alpha value is -0.660. The number of carbonyl (C=O) groups is 1. The molecule has 1 heterocycles. The molecule has 0 spiro atoms. The number of nitrogens with zero attached hydrogens (tertiary/aromatic N) is 2. The van der Waals surface area contributed by atoms with Crippen LogP contribution in [0.25, 0.3) is 0 Å². The van der Waals surface area contributed by atoms with Crippen LogP contribution in [0, 0.1) is 0 Å². The van der Waals surface area contributed by atoms with Gasteiger partial charge in [-0.15, -0.1) is 0 Å². The Morgan fingerprint density at radius 1 is 1.09 bits per heavy atom. The number of hydrogen-bond acceptors (Lipinski definition) is 4. The number of piperidine rings is 1. The Morgan fingerprint density at radius 3 is 2.17 bits per heavy atom. The minimum absolute atomic E-state index is 0.0613. The fraction of sp³-hybridized carbons (Fsp3) is 0.938. The molecule has 0 bridgehead atoms. The molecule has 1 saturated carbocycles. The molecular weight excluding hydrogens is 314 g/mol. The maximum absolute atomic E-state index is 12.2. The summed E-state index contributed by atoms with van der Waals surface area (Å²) in [6.07, 6.45) is 10.0. The normalized spacial score (nSPS) is 22.9. The molecule has 7 heteroatoms. The Labute approximate surface area is 140 Å². The smallest absolute Gasteiger partial charge is 0.234 e. The second kappa shape index (κ2) is 8.44. The van der Waals surface area contributed by atoms with Crippen LogP contribution in [0.3, 0.4) is 0 Å². The van der Waals surface area contributed by atoms with Crippen molar-refractivity contribution in [1.82, 2.24) is 14.5 Å². The van der Waals surface area contributed by atoms with Crippen molar-refractivity contribution in [2.75, 3.05) is 32.9 Å². The van der Waals surface area contributed by atoms with Crippen molar-refractivity contribution in [2.45, 2.75) is 63.5 Å².